The lowest BCUT2D eigenvalue weighted by Gasteiger charge is -2.05. The smallest absolute Gasteiger partial charge is 0.282 e. The van der Waals surface area contributed by atoms with Gasteiger partial charge in [-0.15, -0.1) is 0 Å². The van der Waals surface area contributed by atoms with E-state index in [0.29, 0.717) is 11.5 Å². The van der Waals surface area contributed by atoms with E-state index in [-0.39, 0.29) is 11.3 Å². The third kappa shape index (κ3) is 3.91. The molecule has 0 aliphatic carbocycles. The van der Waals surface area contributed by atoms with Crippen LogP contribution in [0.2, 0.25) is 0 Å². The summed E-state index contributed by atoms with van der Waals surface area (Å²) < 4.78 is 5.12. The number of nitrogens with zero attached hydrogens (tertiary/aromatic N) is 2. The van der Waals surface area contributed by atoms with Crippen LogP contribution in [0.1, 0.15) is 22.8 Å². The predicted molar refractivity (Wildman–Crippen MR) is 85.8 cm³/mol. The van der Waals surface area contributed by atoms with Gasteiger partial charge in [0, 0.05) is 11.6 Å². The number of methoxy groups -OCH3 is 1. The topological polar surface area (TPSA) is 93.8 Å². The van der Waals surface area contributed by atoms with Gasteiger partial charge in [0.15, 0.2) is 0 Å². The number of hydrogen-bond acceptors (Lipinski definition) is 5. The molecule has 0 aliphatic heterocycles. The van der Waals surface area contributed by atoms with Gasteiger partial charge in [-0.2, -0.15) is 5.10 Å². The maximum atomic E-state index is 12.1. The molecule has 0 saturated heterocycles. The zero-order valence-electron chi connectivity index (χ0n) is 12.6. The third-order valence-electron chi connectivity index (χ3n) is 3.16. The van der Waals surface area contributed by atoms with Crippen LogP contribution in [-0.4, -0.2) is 23.7 Å². The zero-order valence-corrected chi connectivity index (χ0v) is 12.6. The molecule has 0 saturated carbocycles. The normalized spacial score (nSPS) is 11.0. The maximum Gasteiger partial charge on any atom is 0.282 e. The van der Waals surface area contributed by atoms with E-state index >= 15 is 0 Å². The van der Waals surface area contributed by atoms with E-state index in [4.69, 9.17) is 4.74 Å². The van der Waals surface area contributed by atoms with Crippen LogP contribution in [0.5, 0.6) is 5.75 Å². The summed E-state index contributed by atoms with van der Waals surface area (Å²) in [5.74, 6) is 0.0293. The minimum Gasteiger partial charge on any atom is -0.497 e. The van der Waals surface area contributed by atoms with Crippen LogP contribution in [-0.2, 0) is 0 Å². The Bertz CT molecular complexity index is 771. The number of hydrazone groups is 1. The molecular formula is C16H15N3O4. The van der Waals surface area contributed by atoms with Gasteiger partial charge in [-0.1, -0.05) is 24.3 Å². The van der Waals surface area contributed by atoms with Gasteiger partial charge in [0.1, 0.15) is 11.3 Å². The second-order valence-corrected chi connectivity index (χ2v) is 4.64. The van der Waals surface area contributed by atoms with Crippen molar-refractivity contribution in [3.63, 3.8) is 0 Å². The van der Waals surface area contributed by atoms with Crippen LogP contribution in [0.15, 0.2) is 53.6 Å². The molecule has 0 atom stereocenters. The number of nitro groups is 1. The average Bonchev–Trinajstić information content (AvgIpc) is 2.59. The molecule has 1 N–H and O–H groups in total. The molecule has 23 heavy (non-hydrogen) atoms. The quantitative estimate of drug-likeness (QED) is 0.521. The van der Waals surface area contributed by atoms with Gasteiger partial charge in [-0.3, -0.25) is 14.9 Å². The minimum atomic E-state index is -0.639. The van der Waals surface area contributed by atoms with Gasteiger partial charge < -0.3 is 4.74 Å². The molecular weight excluding hydrogens is 298 g/mol. The van der Waals surface area contributed by atoms with E-state index in [2.05, 4.69) is 10.5 Å². The van der Waals surface area contributed by atoms with Gasteiger partial charge in [0.05, 0.1) is 17.7 Å². The monoisotopic (exact) mass is 313 g/mol. The predicted octanol–water partition coefficient (Wildman–Crippen LogP) is 2.76. The van der Waals surface area contributed by atoms with Crippen molar-refractivity contribution < 1.29 is 14.5 Å². The van der Waals surface area contributed by atoms with Crippen LogP contribution in [0.25, 0.3) is 0 Å². The highest BCUT2D eigenvalue weighted by atomic mass is 16.6. The van der Waals surface area contributed by atoms with Gasteiger partial charge in [0.2, 0.25) is 0 Å². The molecule has 7 heteroatoms. The van der Waals surface area contributed by atoms with Gasteiger partial charge in [-0.25, -0.2) is 5.43 Å². The molecule has 0 bridgehead atoms. The standard InChI is InChI=1S/C16H15N3O4/c1-11(12-6-5-7-13(10-12)23-2)17-18-16(20)14-8-3-4-9-15(14)19(21)22/h3-10H,1-2H3,(H,18,20). The first-order chi connectivity index (χ1) is 11.0. The third-order valence-corrected chi connectivity index (χ3v) is 3.16. The number of ether oxygens (including phenoxy) is 1. The molecule has 118 valence electrons. The molecule has 7 nitrogen and oxygen atoms in total. The van der Waals surface area contributed by atoms with Crippen LogP contribution in [0.4, 0.5) is 5.69 Å². The lowest BCUT2D eigenvalue weighted by Crippen LogP contribution is -2.20. The van der Waals surface area contributed by atoms with Crippen molar-refractivity contribution >= 4 is 17.3 Å². The number of nitro benzene ring substituents is 1. The number of benzene rings is 2. The maximum absolute atomic E-state index is 12.1. The number of carbonyl (C=O) groups excluding carboxylic acids is 1. The van der Waals surface area contributed by atoms with Crippen molar-refractivity contribution in [2.45, 2.75) is 6.92 Å². The van der Waals surface area contributed by atoms with E-state index in [9.17, 15) is 14.9 Å². The van der Waals surface area contributed by atoms with E-state index in [1.165, 1.54) is 18.2 Å². The Morgan fingerprint density at radius 1 is 1.22 bits per heavy atom. The molecule has 2 aromatic rings. The highest BCUT2D eigenvalue weighted by Gasteiger charge is 2.18. The lowest BCUT2D eigenvalue weighted by atomic mass is 10.1. The first-order valence-corrected chi connectivity index (χ1v) is 6.75. The molecule has 0 aliphatic rings. The Hall–Kier alpha value is -3.22. The summed E-state index contributed by atoms with van der Waals surface area (Å²) in [6, 6.07) is 12.9. The highest BCUT2D eigenvalue weighted by Crippen LogP contribution is 2.17. The molecule has 0 spiro atoms. The van der Waals surface area contributed by atoms with Crippen molar-refractivity contribution in [2.24, 2.45) is 5.10 Å². The molecule has 2 rings (SSSR count). The largest absolute Gasteiger partial charge is 0.497 e. The number of para-hydroxylation sites is 1. The summed E-state index contributed by atoms with van der Waals surface area (Å²) >= 11 is 0. The number of amides is 1. The first-order valence-electron chi connectivity index (χ1n) is 6.75. The van der Waals surface area contributed by atoms with Gasteiger partial charge in [-0.05, 0) is 25.1 Å². The minimum absolute atomic E-state index is 0.0420. The van der Waals surface area contributed by atoms with Crippen molar-refractivity contribution in [3.05, 3.63) is 69.8 Å². The fourth-order valence-corrected chi connectivity index (χ4v) is 1.93. The summed E-state index contributed by atoms with van der Waals surface area (Å²) in [6.07, 6.45) is 0. The van der Waals surface area contributed by atoms with Crippen molar-refractivity contribution in [2.75, 3.05) is 7.11 Å². The molecule has 0 radical (unpaired) electrons. The fraction of sp³-hybridized carbons (Fsp3) is 0.125. The molecule has 0 unspecified atom stereocenters. The van der Waals surface area contributed by atoms with Crippen LogP contribution in [0, 0.1) is 10.1 Å². The van der Waals surface area contributed by atoms with E-state index in [1.807, 2.05) is 6.07 Å². The summed E-state index contributed by atoms with van der Waals surface area (Å²) in [7, 11) is 1.56. The lowest BCUT2D eigenvalue weighted by molar-refractivity contribution is -0.385. The van der Waals surface area contributed by atoms with Crippen molar-refractivity contribution in [1.29, 1.82) is 0 Å². The Morgan fingerprint density at radius 2 is 1.96 bits per heavy atom. The number of carbonyl (C=O) groups is 1. The summed E-state index contributed by atoms with van der Waals surface area (Å²) in [5, 5.41) is 14.9. The molecule has 0 heterocycles. The van der Waals surface area contributed by atoms with Crippen LogP contribution in [0.3, 0.4) is 0 Å². The molecule has 1 amide bonds. The zero-order chi connectivity index (χ0) is 16.8. The number of hydrogen-bond donors (Lipinski definition) is 1. The van der Waals surface area contributed by atoms with Gasteiger partial charge >= 0.3 is 0 Å². The Morgan fingerprint density at radius 3 is 2.65 bits per heavy atom. The average molecular weight is 313 g/mol. The number of rotatable bonds is 5. The SMILES string of the molecule is COc1cccc(C(C)=NNC(=O)c2ccccc2[N+](=O)[O-])c1. The summed E-state index contributed by atoms with van der Waals surface area (Å²) in [4.78, 5) is 22.4. The Kier molecular flexibility index (Phi) is 5.03. The summed E-state index contributed by atoms with van der Waals surface area (Å²) in [6.45, 7) is 1.72. The van der Waals surface area contributed by atoms with Gasteiger partial charge in [0.25, 0.3) is 11.6 Å². The molecule has 0 aromatic heterocycles. The van der Waals surface area contributed by atoms with Crippen LogP contribution < -0.4 is 10.2 Å². The summed E-state index contributed by atoms with van der Waals surface area (Å²) in [5.41, 5.74) is 3.35. The van der Waals surface area contributed by atoms with E-state index in [1.54, 1.807) is 38.3 Å². The van der Waals surface area contributed by atoms with E-state index < -0.39 is 10.8 Å². The molecule has 2 aromatic carbocycles. The van der Waals surface area contributed by atoms with Crippen molar-refractivity contribution in [3.8, 4) is 5.75 Å². The second-order valence-electron chi connectivity index (χ2n) is 4.64. The van der Waals surface area contributed by atoms with E-state index in [0.717, 1.165) is 5.56 Å². The number of nitrogens with one attached hydrogen (secondary N) is 1. The van der Waals surface area contributed by atoms with Crippen molar-refractivity contribution in [1.82, 2.24) is 5.43 Å². The first kappa shape index (κ1) is 16.2. The Balaban J connectivity index is 2.19. The Labute approximate surface area is 132 Å². The van der Waals surface area contributed by atoms with Crippen LogP contribution >= 0.6 is 0 Å². The molecule has 0 fully saturated rings. The second kappa shape index (κ2) is 7.17. The highest BCUT2D eigenvalue weighted by molar-refractivity contribution is 6.02. The fourth-order valence-electron chi connectivity index (χ4n) is 1.93.